The first-order chi connectivity index (χ1) is 43.8. The van der Waals surface area contributed by atoms with E-state index < -0.39 is 124 Å². The Morgan fingerprint density at radius 3 is 1.19 bits per heavy atom. The highest BCUT2D eigenvalue weighted by Crippen LogP contribution is 2.33. The number of hydrogen-bond acceptors (Lipinski definition) is 18. The van der Waals surface area contributed by atoms with Crippen molar-refractivity contribution in [3.05, 3.63) is 72.9 Å². The summed E-state index contributed by atoms with van der Waals surface area (Å²) in [7, 11) is 0. The molecule has 0 aromatic carbocycles. The minimum absolute atomic E-state index is 0.251. The quantitative estimate of drug-likeness (QED) is 0.0199. The van der Waals surface area contributed by atoms with Gasteiger partial charge >= 0.3 is 0 Å². The van der Waals surface area contributed by atoms with Crippen molar-refractivity contribution in [3.8, 4) is 0 Å². The number of nitrogens with one attached hydrogen (secondary N) is 1. The van der Waals surface area contributed by atoms with E-state index in [1.165, 1.54) is 122 Å². The lowest BCUT2D eigenvalue weighted by atomic mass is 9.96. The number of ether oxygens (including phenoxy) is 6. The van der Waals surface area contributed by atoms with E-state index >= 15 is 0 Å². The average Bonchev–Trinajstić information content (AvgIpc) is 1.63. The second-order valence-electron chi connectivity index (χ2n) is 25.0. The van der Waals surface area contributed by atoms with Crippen LogP contribution in [0.15, 0.2) is 72.9 Å². The predicted molar refractivity (Wildman–Crippen MR) is 351 cm³/mol. The molecule has 0 aliphatic carbocycles. The van der Waals surface area contributed by atoms with E-state index in [0.29, 0.717) is 19.3 Å². The molecule has 17 unspecified atom stereocenters. The summed E-state index contributed by atoms with van der Waals surface area (Å²) < 4.78 is 34.1. The fourth-order valence-electron chi connectivity index (χ4n) is 11.6. The lowest BCUT2D eigenvalue weighted by molar-refractivity contribution is -0.379. The van der Waals surface area contributed by atoms with E-state index in [0.717, 1.165) is 77.0 Å². The molecule has 522 valence electrons. The maximum absolute atomic E-state index is 13.2. The number of aliphatic hydroxyl groups excluding tert-OH is 11. The molecule has 12 N–H and O–H groups in total. The van der Waals surface area contributed by atoms with Crippen LogP contribution in [-0.4, -0.2) is 193 Å². The SMILES string of the molecule is CC/C=C\C/C=C\C/C=C\C/C=C\C/C=C\C/C=C\CCCCCCCCCCCCCCCCCCCCCCCCC(=O)NC(COC1OC(CO)C(OC2OC(CO)C(OC3OC(CO)C(O)C(O)C3O)C(O)C2O)C(O)C1O)C(O)CCCCCC. The number of allylic oxidation sites excluding steroid dienone is 12. The van der Waals surface area contributed by atoms with Gasteiger partial charge in [0.2, 0.25) is 5.91 Å². The number of carbonyl (C=O) groups is 1. The summed E-state index contributed by atoms with van der Waals surface area (Å²) in [5.74, 6) is -0.251. The van der Waals surface area contributed by atoms with E-state index in [1.54, 1.807) is 0 Å². The van der Waals surface area contributed by atoms with Crippen LogP contribution in [0.1, 0.15) is 239 Å². The van der Waals surface area contributed by atoms with Crippen LogP contribution in [0.25, 0.3) is 0 Å². The van der Waals surface area contributed by atoms with Gasteiger partial charge in [0, 0.05) is 6.42 Å². The second-order valence-corrected chi connectivity index (χ2v) is 25.0. The van der Waals surface area contributed by atoms with Gasteiger partial charge in [-0.1, -0.05) is 241 Å². The molecule has 0 saturated carbocycles. The molecule has 3 rings (SSSR count). The molecule has 0 bridgehead atoms. The van der Waals surface area contributed by atoms with Crippen molar-refractivity contribution in [3.63, 3.8) is 0 Å². The molecule has 0 aromatic rings. The smallest absolute Gasteiger partial charge is 0.220 e. The maximum Gasteiger partial charge on any atom is 0.220 e. The van der Waals surface area contributed by atoms with Crippen LogP contribution in [-0.2, 0) is 33.2 Å². The molecule has 19 heteroatoms. The summed E-state index contributed by atoms with van der Waals surface area (Å²) in [4.78, 5) is 13.2. The van der Waals surface area contributed by atoms with Gasteiger partial charge in [-0.15, -0.1) is 0 Å². The normalized spacial score (nSPS) is 28.5. The number of unbranched alkanes of at least 4 members (excludes halogenated alkanes) is 25. The molecule has 3 aliphatic rings. The van der Waals surface area contributed by atoms with Crippen molar-refractivity contribution in [1.29, 1.82) is 0 Å². The fraction of sp³-hybridized carbons (Fsp3) is 0.817. The van der Waals surface area contributed by atoms with Gasteiger partial charge in [0.15, 0.2) is 18.9 Å². The molecule has 19 nitrogen and oxygen atoms in total. The van der Waals surface area contributed by atoms with E-state index in [1.807, 2.05) is 0 Å². The van der Waals surface area contributed by atoms with Crippen molar-refractivity contribution in [2.75, 3.05) is 26.4 Å². The summed E-state index contributed by atoms with van der Waals surface area (Å²) in [6.07, 6.45) is 39.9. The van der Waals surface area contributed by atoms with Crippen LogP contribution in [0.4, 0.5) is 0 Å². The van der Waals surface area contributed by atoms with Crippen LogP contribution in [0.5, 0.6) is 0 Å². The highest BCUT2D eigenvalue weighted by Gasteiger charge is 2.53. The highest BCUT2D eigenvalue weighted by atomic mass is 16.8. The van der Waals surface area contributed by atoms with Gasteiger partial charge in [-0.3, -0.25) is 4.79 Å². The zero-order valence-electron chi connectivity index (χ0n) is 55.1. The summed E-state index contributed by atoms with van der Waals surface area (Å²) in [5, 5.41) is 120. The Kier molecular flexibility index (Phi) is 47.5. The van der Waals surface area contributed by atoms with Crippen molar-refractivity contribution in [2.45, 2.75) is 343 Å². The third-order valence-corrected chi connectivity index (χ3v) is 17.3. The highest BCUT2D eigenvalue weighted by molar-refractivity contribution is 5.76. The van der Waals surface area contributed by atoms with Crippen LogP contribution in [0.3, 0.4) is 0 Å². The molecule has 3 aliphatic heterocycles. The van der Waals surface area contributed by atoms with Crippen molar-refractivity contribution >= 4 is 5.91 Å². The van der Waals surface area contributed by atoms with Crippen LogP contribution in [0.2, 0.25) is 0 Å². The van der Waals surface area contributed by atoms with Crippen molar-refractivity contribution in [1.82, 2.24) is 5.32 Å². The molecular formula is C71H125NO18. The largest absolute Gasteiger partial charge is 0.394 e. The monoisotopic (exact) mass is 1280 g/mol. The molecule has 3 heterocycles. The van der Waals surface area contributed by atoms with Crippen LogP contribution >= 0.6 is 0 Å². The van der Waals surface area contributed by atoms with Gasteiger partial charge in [0.1, 0.15) is 73.2 Å². The number of aliphatic hydroxyl groups is 11. The Balaban J connectivity index is 1.19. The number of carbonyl (C=O) groups excluding carboxylic acids is 1. The predicted octanol–water partition coefficient (Wildman–Crippen LogP) is 9.33. The standard InChI is InChI=1S/C71H125NO18/c1-3-5-7-9-10-11-12-13-14-15-16-17-18-19-20-21-22-23-24-25-26-27-28-29-30-31-32-33-34-35-36-37-38-39-40-41-42-43-44-45-47-49-59(77)72-54(55(76)48-46-8-6-4-2)53-85-69-65(83)62(80)67(57(51-74)87-69)90-71-66(84)63(81)68(58(52-75)88-71)89-70-64(82)61(79)60(78)56(50-73)86-70/h5,7,10-11,13-14,16-17,19-20,22-23,54-58,60-71,73-76,78-84H,3-4,6,8-9,12,15,18,21,24-53H2,1-2H3,(H,72,77)/b7-5-,11-10-,14-13-,17-16-,20-19-,23-22-. The Labute approximate surface area is 540 Å². The third-order valence-electron chi connectivity index (χ3n) is 17.3. The van der Waals surface area contributed by atoms with Crippen LogP contribution in [0, 0.1) is 0 Å². The lowest BCUT2D eigenvalue weighted by Crippen LogP contribution is -2.66. The summed E-state index contributed by atoms with van der Waals surface area (Å²) >= 11 is 0. The van der Waals surface area contributed by atoms with Crippen molar-refractivity contribution < 1.29 is 89.4 Å². The Morgan fingerprint density at radius 2 is 0.767 bits per heavy atom. The van der Waals surface area contributed by atoms with Gasteiger partial charge in [-0.2, -0.15) is 0 Å². The molecule has 3 saturated heterocycles. The zero-order chi connectivity index (χ0) is 65.4. The van der Waals surface area contributed by atoms with Crippen LogP contribution < -0.4 is 5.32 Å². The number of hydrogen-bond donors (Lipinski definition) is 12. The van der Waals surface area contributed by atoms with E-state index in [2.05, 4.69) is 92.1 Å². The molecular weight excluding hydrogens is 1150 g/mol. The van der Waals surface area contributed by atoms with E-state index in [4.69, 9.17) is 28.4 Å². The molecule has 0 aromatic heterocycles. The Morgan fingerprint density at radius 1 is 0.411 bits per heavy atom. The lowest BCUT2D eigenvalue weighted by Gasteiger charge is -2.48. The summed E-state index contributed by atoms with van der Waals surface area (Å²) in [5.41, 5.74) is 0. The Bertz CT molecular complexity index is 1920. The molecule has 3 fully saturated rings. The molecule has 90 heavy (non-hydrogen) atoms. The fourth-order valence-corrected chi connectivity index (χ4v) is 11.6. The van der Waals surface area contributed by atoms with E-state index in [9.17, 15) is 61.0 Å². The first kappa shape index (κ1) is 81.5. The minimum Gasteiger partial charge on any atom is -0.394 e. The third kappa shape index (κ3) is 34.1. The second kappa shape index (κ2) is 52.5. The number of amides is 1. The average molecular weight is 1280 g/mol. The summed E-state index contributed by atoms with van der Waals surface area (Å²) in [6.45, 7) is 1.53. The molecule has 0 spiro atoms. The summed E-state index contributed by atoms with van der Waals surface area (Å²) in [6, 6.07) is -0.883. The minimum atomic E-state index is -1.97. The van der Waals surface area contributed by atoms with Gasteiger partial charge < -0.3 is 89.9 Å². The van der Waals surface area contributed by atoms with Gasteiger partial charge in [-0.05, 0) is 64.2 Å². The first-order valence-electron chi connectivity index (χ1n) is 35.2. The zero-order valence-corrected chi connectivity index (χ0v) is 55.1. The topological polar surface area (TPSA) is 307 Å². The van der Waals surface area contributed by atoms with Crippen molar-refractivity contribution in [2.24, 2.45) is 0 Å². The van der Waals surface area contributed by atoms with Gasteiger partial charge in [0.05, 0.1) is 38.6 Å². The van der Waals surface area contributed by atoms with E-state index in [-0.39, 0.29) is 18.9 Å². The van der Waals surface area contributed by atoms with Gasteiger partial charge in [-0.25, -0.2) is 0 Å². The van der Waals surface area contributed by atoms with Gasteiger partial charge in [0.25, 0.3) is 0 Å². The Hall–Kier alpha value is -2.77. The maximum atomic E-state index is 13.2. The first-order valence-corrected chi connectivity index (χ1v) is 35.2. The molecule has 17 atom stereocenters. The molecule has 0 radical (unpaired) electrons. The molecule has 1 amide bonds. The number of rotatable bonds is 53.